The van der Waals surface area contributed by atoms with E-state index in [1.165, 1.54) is 0 Å². The van der Waals surface area contributed by atoms with Crippen molar-refractivity contribution < 1.29 is 0 Å². The third-order valence-electron chi connectivity index (χ3n) is 8.76. The molecule has 9 heterocycles. The molecule has 0 atom stereocenters. The Morgan fingerprint density at radius 2 is 0.830 bits per heavy atom. The largest absolute Gasteiger partial charge is 0.278 e. The Morgan fingerprint density at radius 1 is 0.358 bits per heavy atom. The van der Waals surface area contributed by atoms with E-state index in [0.29, 0.717) is 63.7 Å². The summed E-state index contributed by atoms with van der Waals surface area (Å²) in [4.78, 5) is 48.4. The molecule has 0 spiro atoms. The molecule has 0 radical (unpaired) electrons. The van der Waals surface area contributed by atoms with Gasteiger partial charge in [-0.3, -0.25) is 38.6 Å². The van der Waals surface area contributed by atoms with Gasteiger partial charge in [-0.15, -0.1) is 0 Å². The molecular formula is C40H25N13. The van der Waals surface area contributed by atoms with Crippen LogP contribution in [0.1, 0.15) is 0 Å². The van der Waals surface area contributed by atoms with E-state index in [2.05, 4.69) is 31.0 Å². The van der Waals surface area contributed by atoms with Crippen molar-refractivity contribution >= 4 is 21.8 Å². The zero-order valence-electron chi connectivity index (χ0n) is 27.7. The lowest BCUT2D eigenvalue weighted by atomic mass is 10.2. The number of pyridine rings is 5. The third kappa shape index (κ3) is 5.27. The Labute approximate surface area is 301 Å². The molecule has 13 nitrogen and oxygen atoms in total. The first kappa shape index (κ1) is 30.1. The molecule has 0 fully saturated rings. The average molecular weight is 688 g/mol. The molecule has 1 aromatic carbocycles. The van der Waals surface area contributed by atoms with Crippen LogP contribution in [0.5, 0.6) is 0 Å². The topological polar surface area (TPSA) is 144 Å². The van der Waals surface area contributed by atoms with Crippen molar-refractivity contribution in [3.05, 3.63) is 153 Å². The predicted molar refractivity (Wildman–Crippen MR) is 199 cm³/mol. The van der Waals surface area contributed by atoms with Gasteiger partial charge in [-0.2, -0.15) is 15.0 Å². The summed E-state index contributed by atoms with van der Waals surface area (Å²) in [6.45, 7) is 0. The summed E-state index contributed by atoms with van der Waals surface area (Å²) in [5.74, 6) is 2.05. The second kappa shape index (κ2) is 12.5. The minimum Gasteiger partial charge on any atom is -0.278 e. The van der Waals surface area contributed by atoms with E-state index in [4.69, 9.17) is 24.9 Å². The average Bonchev–Trinajstić information content (AvgIpc) is 3.97. The summed E-state index contributed by atoms with van der Waals surface area (Å²) >= 11 is 0. The standard InChI is InChI=1S/C40H25N13/c1-2-16-34-26(11-1)27-23-41-22-17-35(27)53(34)40-49-38(51-24-32(28-12-3-7-18-42-28)46-36(51)30-14-5-9-20-44-30)48-39(50-40)52-25-33(29-13-4-8-19-43-29)47-37(52)31-15-6-10-21-45-31/h1-25H. The maximum atomic E-state index is 5.17. The van der Waals surface area contributed by atoms with Gasteiger partial charge in [0.25, 0.3) is 0 Å². The Balaban J connectivity index is 1.28. The zero-order chi connectivity index (χ0) is 35.1. The molecule has 9 aromatic heterocycles. The molecule has 13 heteroatoms. The Bertz CT molecular complexity index is 2690. The van der Waals surface area contributed by atoms with Crippen LogP contribution in [0.15, 0.2) is 153 Å². The quantitative estimate of drug-likeness (QED) is 0.172. The smallest absolute Gasteiger partial charge is 0.242 e. The van der Waals surface area contributed by atoms with Gasteiger partial charge < -0.3 is 0 Å². The van der Waals surface area contributed by atoms with Crippen LogP contribution in [0.4, 0.5) is 0 Å². The highest BCUT2D eigenvalue weighted by atomic mass is 15.3. The van der Waals surface area contributed by atoms with Gasteiger partial charge in [-0.25, -0.2) is 9.97 Å². The van der Waals surface area contributed by atoms with Gasteiger partial charge in [0.15, 0.2) is 11.6 Å². The zero-order valence-corrected chi connectivity index (χ0v) is 27.7. The Kier molecular flexibility index (Phi) is 7.10. The van der Waals surface area contributed by atoms with Gasteiger partial charge in [-0.05, 0) is 60.7 Å². The summed E-state index contributed by atoms with van der Waals surface area (Å²) in [6, 6.07) is 32.9. The first-order valence-corrected chi connectivity index (χ1v) is 16.7. The fraction of sp³-hybridized carbons (Fsp3) is 0. The second-order valence-corrected chi connectivity index (χ2v) is 12.0. The van der Waals surface area contributed by atoms with Gasteiger partial charge >= 0.3 is 0 Å². The molecule has 250 valence electrons. The van der Waals surface area contributed by atoms with Gasteiger partial charge in [-0.1, -0.05) is 42.5 Å². The number of nitrogens with zero attached hydrogens (tertiary/aromatic N) is 13. The molecule has 0 aliphatic carbocycles. The molecule has 10 rings (SSSR count). The summed E-state index contributed by atoms with van der Waals surface area (Å²) in [5, 5.41) is 1.98. The van der Waals surface area contributed by atoms with Crippen LogP contribution < -0.4 is 0 Å². The predicted octanol–water partition coefficient (Wildman–Crippen LogP) is 6.98. The number of benzene rings is 1. The number of fused-ring (bicyclic) bond motifs is 3. The number of rotatable bonds is 7. The van der Waals surface area contributed by atoms with E-state index in [1.54, 1.807) is 31.0 Å². The fourth-order valence-corrected chi connectivity index (χ4v) is 6.38. The van der Waals surface area contributed by atoms with Crippen molar-refractivity contribution in [2.45, 2.75) is 0 Å². The van der Waals surface area contributed by atoms with E-state index < -0.39 is 0 Å². The number of hydrogen-bond acceptors (Lipinski definition) is 10. The first-order chi connectivity index (χ1) is 26.3. The Hall–Kier alpha value is -7.80. The van der Waals surface area contributed by atoms with E-state index in [9.17, 15) is 0 Å². The molecule has 10 aromatic rings. The molecule has 0 aliphatic rings. The van der Waals surface area contributed by atoms with Crippen LogP contribution in [-0.2, 0) is 0 Å². The minimum atomic E-state index is 0.306. The summed E-state index contributed by atoms with van der Waals surface area (Å²) in [7, 11) is 0. The minimum absolute atomic E-state index is 0.306. The number of aromatic nitrogens is 13. The van der Waals surface area contributed by atoms with Crippen molar-refractivity contribution in [3.8, 4) is 63.7 Å². The van der Waals surface area contributed by atoms with Gasteiger partial charge in [0.2, 0.25) is 17.8 Å². The molecule has 0 aliphatic heterocycles. The second-order valence-electron chi connectivity index (χ2n) is 12.0. The third-order valence-corrected chi connectivity index (χ3v) is 8.76. The lowest BCUT2D eigenvalue weighted by molar-refractivity contribution is 0.814. The van der Waals surface area contributed by atoms with E-state index in [0.717, 1.165) is 21.8 Å². The fourth-order valence-electron chi connectivity index (χ4n) is 6.38. The van der Waals surface area contributed by atoms with Crippen molar-refractivity contribution in [2.75, 3.05) is 0 Å². The highest BCUT2D eigenvalue weighted by Crippen LogP contribution is 2.32. The Morgan fingerprint density at radius 3 is 1.36 bits per heavy atom. The van der Waals surface area contributed by atoms with Crippen LogP contribution in [0.2, 0.25) is 0 Å². The van der Waals surface area contributed by atoms with Gasteiger partial charge in [0.05, 0.1) is 22.4 Å². The molecule has 0 saturated heterocycles. The highest BCUT2D eigenvalue weighted by molar-refractivity contribution is 6.08. The maximum Gasteiger partial charge on any atom is 0.242 e. The van der Waals surface area contributed by atoms with Crippen LogP contribution >= 0.6 is 0 Å². The summed E-state index contributed by atoms with van der Waals surface area (Å²) in [6.07, 6.45) is 14.3. The van der Waals surface area contributed by atoms with E-state index in [1.807, 2.05) is 129 Å². The van der Waals surface area contributed by atoms with Crippen LogP contribution in [0.3, 0.4) is 0 Å². The molecule has 0 amide bonds. The molecule has 53 heavy (non-hydrogen) atoms. The highest BCUT2D eigenvalue weighted by Gasteiger charge is 2.24. The SMILES string of the molecule is c1ccc(-c2cn(-c3nc(-n4cc(-c5ccccn5)nc4-c4ccccn4)nc(-n4c5ccccc5c5cnccc54)n3)c(-c3ccccn3)n2)nc1. The maximum absolute atomic E-state index is 5.17. The normalized spacial score (nSPS) is 11.4. The summed E-state index contributed by atoms with van der Waals surface area (Å²) in [5.41, 5.74) is 5.72. The van der Waals surface area contributed by atoms with Crippen molar-refractivity contribution in [1.82, 2.24) is 63.5 Å². The van der Waals surface area contributed by atoms with Gasteiger partial charge in [0.1, 0.15) is 22.8 Å². The van der Waals surface area contributed by atoms with Crippen LogP contribution in [-0.4, -0.2) is 63.5 Å². The monoisotopic (exact) mass is 687 g/mol. The molecule has 0 N–H and O–H groups in total. The number of para-hydroxylation sites is 1. The lowest BCUT2D eigenvalue weighted by Gasteiger charge is -2.13. The number of hydrogen-bond donors (Lipinski definition) is 0. The van der Waals surface area contributed by atoms with Crippen LogP contribution in [0, 0.1) is 0 Å². The van der Waals surface area contributed by atoms with Crippen molar-refractivity contribution in [3.63, 3.8) is 0 Å². The van der Waals surface area contributed by atoms with Crippen molar-refractivity contribution in [1.29, 1.82) is 0 Å². The molecular weight excluding hydrogens is 663 g/mol. The van der Waals surface area contributed by atoms with Crippen LogP contribution in [0.25, 0.3) is 85.5 Å². The van der Waals surface area contributed by atoms with Gasteiger partial charge in [0, 0.05) is 60.3 Å². The van der Waals surface area contributed by atoms with Crippen molar-refractivity contribution in [2.24, 2.45) is 0 Å². The first-order valence-electron chi connectivity index (χ1n) is 16.7. The molecule has 0 bridgehead atoms. The molecule has 0 saturated carbocycles. The lowest BCUT2D eigenvalue weighted by Crippen LogP contribution is -2.14. The van der Waals surface area contributed by atoms with E-state index >= 15 is 0 Å². The molecule has 0 unspecified atom stereocenters. The number of imidazole rings is 2. The summed E-state index contributed by atoms with van der Waals surface area (Å²) < 4.78 is 5.68. The van der Waals surface area contributed by atoms with E-state index in [-0.39, 0.29) is 0 Å².